The summed E-state index contributed by atoms with van der Waals surface area (Å²) in [5, 5.41) is 2.85. The zero-order valence-electron chi connectivity index (χ0n) is 13.9. The number of anilines is 1. The highest BCUT2D eigenvalue weighted by Gasteiger charge is 2.11. The van der Waals surface area contributed by atoms with E-state index in [1.807, 2.05) is 31.4 Å². The lowest BCUT2D eigenvalue weighted by Crippen LogP contribution is -2.13. The van der Waals surface area contributed by atoms with Gasteiger partial charge in [-0.3, -0.25) is 4.79 Å². The van der Waals surface area contributed by atoms with Crippen molar-refractivity contribution >= 4 is 29.3 Å². The van der Waals surface area contributed by atoms with Gasteiger partial charge in [0.15, 0.2) is 0 Å². The van der Waals surface area contributed by atoms with Gasteiger partial charge in [-0.2, -0.15) is 0 Å². The molecule has 0 aliphatic heterocycles. The number of esters is 1. The number of carbonyl (C=O) groups is 2. The maximum atomic E-state index is 12.4. The third kappa shape index (κ3) is 4.86. The molecule has 0 heterocycles. The van der Waals surface area contributed by atoms with Crippen molar-refractivity contribution in [2.45, 2.75) is 24.7 Å². The summed E-state index contributed by atoms with van der Waals surface area (Å²) in [5.41, 5.74) is 1.75. The van der Waals surface area contributed by atoms with Gasteiger partial charge in [0.2, 0.25) is 0 Å². The Morgan fingerprint density at radius 3 is 2.46 bits per heavy atom. The highest BCUT2D eigenvalue weighted by molar-refractivity contribution is 7.98. The van der Waals surface area contributed by atoms with Crippen LogP contribution in [0.3, 0.4) is 0 Å². The van der Waals surface area contributed by atoms with Gasteiger partial charge >= 0.3 is 5.97 Å². The van der Waals surface area contributed by atoms with Crippen LogP contribution in [0.25, 0.3) is 0 Å². The first kappa shape index (κ1) is 18.1. The molecule has 0 spiro atoms. The van der Waals surface area contributed by atoms with Crippen molar-refractivity contribution in [3.8, 4) is 0 Å². The van der Waals surface area contributed by atoms with E-state index in [1.54, 1.807) is 30.3 Å². The predicted molar refractivity (Wildman–Crippen MR) is 97.8 cm³/mol. The molecular weight excluding hydrogens is 322 g/mol. The average molecular weight is 343 g/mol. The number of amides is 1. The fourth-order valence-corrected chi connectivity index (χ4v) is 2.71. The second kappa shape index (κ2) is 9.13. The lowest BCUT2D eigenvalue weighted by atomic mass is 10.2. The van der Waals surface area contributed by atoms with Crippen LogP contribution >= 0.6 is 11.8 Å². The van der Waals surface area contributed by atoms with Crippen molar-refractivity contribution in [2.75, 3.05) is 18.2 Å². The molecule has 24 heavy (non-hydrogen) atoms. The topological polar surface area (TPSA) is 55.4 Å². The van der Waals surface area contributed by atoms with Gasteiger partial charge in [0, 0.05) is 10.6 Å². The molecule has 0 bridgehead atoms. The molecule has 2 rings (SSSR count). The second-order valence-electron chi connectivity index (χ2n) is 5.22. The molecule has 1 amide bonds. The fraction of sp³-hybridized carbons (Fsp3) is 0.263. The van der Waals surface area contributed by atoms with E-state index < -0.39 is 0 Å². The molecule has 0 saturated carbocycles. The lowest BCUT2D eigenvalue weighted by molar-refractivity contribution is 0.0499. The Balaban J connectivity index is 2.01. The Hall–Kier alpha value is -2.27. The molecule has 0 aliphatic rings. The summed E-state index contributed by atoms with van der Waals surface area (Å²) in [6.45, 7) is 2.47. The molecule has 5 heteroatoms. The minimum atomic E-state index is -0.339. The number of benzene rings is 2. The number of hydrogen-bond donors (Lipinski definition) is 1. The number of hydrogen-bond acceptors (Lipinski definition) is 4. The zero-order chi connectivity index (χ0) is 17.4. The number of carbonyl (C=O) groups excluding carboxylic acids is 2. The standard InChI is InChI=1S/C19H21NO3S/c1-3-4-13-23-19(22)14-9-11-15(12-10-14)20-18(21)16-7-5-6-8-17(16)24-2/h5-12H,3-4,13H2,1-2H3,(H,20,21). The van der Waals surface area contributed by atoms with Crippen molar-refractivity contribution in [3.63, 3.8) is 0 Å². The Labute approximate surface area is 146 Å². The molecule has 126 valence electrons. The fourth-order valence-electron chi connectivity index (χ4n) is 2.11. The van der Waals surface area contributed by atoms with Crippen LogP contribution in [0.2, 0.25) is 0 Å². The van der Waals surface area contributed by atoms with Crippen LogP contribution in [-0.4, -0.2) is 24.7 Å². The Bertz CT molecular complexity index is 698. The first-order valence-corrected chi connectivity index (χ1v) is 9.09. The number of nitrogens with one attached hydrogen (secondary N) is 1. The van der Waals surface area contributed by atoms with Crippen LogP contribution in [-0.2, 0) is 4.74 Å². The summed E-state index contributed by atoms with van der Waals surface area (Å²) in [4.78, 5) is 25.1. The Kier molecular flexibility index (Phi) is 6.88. The van der Waals surface area contributed by atoms with Gasteiger partial charge in [0.05, 0.1) is 17.7 Å². The van der Waals surface area contributed by atoms with Gasteiger partial charge in [-0.15, -0.1) is 11.8 Å². The third-order valence-electron chi connectivity index (χ3n) is 3.46. The van der Waals surface area contributed by atoms with E-state index in [0.29, 0.717) is 23.4 Å². The summed E-state index contributed by atoms with van der Waals surface area (Å²) in [6, 6.07) is 14.2. The van der Waals surface area contributed by atoms with Crippen LogP contribution in [0.4, 0.5) is 5.69 Å². The summed E-state index contributed by atoms with van der Waals surface area (Å²) in [5.74, 6) is -0.507. The Morgan fingerprint density at radius 2 is 1.79 bits per heavy atom. The molecule has 4 nitrogen and oxygen atoms in total. The van der Waals surface area contributed by atoms with Crippen molar-refractivity contribution < 1.29 is 14.3 Å². The van der Waals surface area contributed by atoms with E-state index in [0.717, 1.165) is 17.7 Å². The van der Waals surface area contributed by atoms with E-state index in [9.17, 15) is 9.59 Å². The lowest BCUT2D eigenvalue weighted by Gasteiger charge is -2.09. The molecule has 0 atom stereocenters. The smallest absolute Gasteiger partial charge is 0.338 e. The number of ether oxygens (including phenoxy) is 1. The number of rotatable bonds is 7. The molecule has 0 aromatic heterocycles. The molecule has 0 aliphatic carbocycles. The van der Waals surface area contributed by atoms with Crippen LogP contribution in [0.1, 0.15) is 40.5 Å². The highest BCUT2D eigenvalue weighted by Crippen LogP contribution is 2.21. The highest BCUT2D eigenvalue weighted by atomic mass is 32.2. The first-order valence-electron chi connectivity index (χ1n) is 7.87. The third-order valence-corrected chi connectivity index (χ3v) is 4.26. The summed E-state index contributed by atoms with van der Waals surface area (Å²) >= 11 is 1.53. The zero-order valence-corrected chi connectivity index (χ0v) is 14.7. The summed E-state index contributed by atoms with van der Waals surface area (Å²) < 4.78 is 5.16. The van der Waals surface area contributed by atoms with Crippen LogP contribution in [0, 0.1) is 0 Å². The van der Waals surface area contributed by atoms with Gasteiger partial charge in [0.1, 0.15) is 0 Å². The van der Waals surface area contributed by atoms with E-state index >= 15 is 0 Å². The first-order chi connectivity index (χ1) is 11.7. The molecule has 0 saturated heterocycles. The quantitative estimate of drug-likeness (QED) is 0.453. The molecule has 1 N–H and O–H groups in total. The van der Waals surface area contributed by atoms with E-state index in [1.165, 1.54) is 11.8 Å². The van der Waals surface area contributed by atoms with Crippen LogP contribution in [0.15, 0.2) is 53.4 Å². The molecule has 2 aromatic carbocycles. The molecule has 2 aromatic rings. The van der Waals surface area contributed by atoms with Gasteiger partial charge in [0.25, 0.3) is 5.91 Å². The van der Waals surface area contributed by atoms with Crippen molar-refractivity contribution in [1.29, 1.82) is 0 Å². The normalized spacial score (nSPS) is 10.2. The second-order valence-corrected chi connectivity index (χ2v) is 6.07. The van der Waals surface area contributed by atoms with Crippen molar-refractivity contribution in [1.82, 2.24) is 0 Å². The number of unbranched alkanes of at least 4 members (excludes halogenated alkanes) is 1. The van der Waals surface area contributed by atoms with E-state index in [2.05, 4.69) is 5.32 Å². The van der Waals surface area contributed by atoms with Crippen LogP contribution in [0.5, 0.6) is 0 Å². The maximum absolute atomic E-state index is 12.4. The minimum absolute atomic E-state index is 0.168. The Morgan fingerprint density at radius 1 is 1.08 bits per heavy atom. The monoisotopic (exact) mass is 343 g/mol. The minimum Gasteiger partial charge on any atom is -0.462 e. The average Bonchev–Trinajstić information content (AvgIpc) is 2.62. The van der Waals surface area contributed by atoms with E-state index in [4.69, 9.17) is 4.74 Å². The predicted octanol–water partition coefficient (Wildman–Crippen LogP) is 4.62. The molecule has 0 fully saturated rings. The molecule has 0 unspecified atom stereocenters. The van der Waals surface area contributed by atoms with Gasteiger partial charge in [-0.1, -0.05) is 25.5 Å². The van der Waals surface area contributed by atoms with Crippen molar-refractivity contribution in [2.24, 2.45) is 0 Å². The SMILES string of the molecule is CCCCOC(=O)c1ccc(NC(=O)c2ccccc2SC)cc1. The van der Waals surface area contributed by atoms with Gasteiger partial charge in [-0.05, 0) is 49.1 Å². The number of thioether (sulfide) groups is 1. The van der Waals surface area contributed by atoms with Crippen molar-refractivity contribution in [3.05, 3.63) is 59.7 Å². The van der Waals surface area contributed by atoms with Gasteiger partial charge < -0.3 is 10.1 Å². The van der Waals surface area contributed by atoms with Gasteiger partial charge in [-0.25, -0.2) is 4.79 Å². The largest absolute Gasteiger partial charge is 0.462 e. The van der Waals surface area contributed by atoms with Crippen LogP contribution < -0.4 is 5.32 Å². The summed E-state index contributed by atoms with van der Waals surface area (Å²) in [7, 11) is 0. The summed E-state index contributed by atoms with van der Waals surface area (Å²) in [6.07, 6.45) is 3.77. The maximum Gasteiger partial charge on any atom is 0.338 e. The molecular formula is C19H21NO3S. The van der Waals surface area contributed by atoms with E-state index in [-0.39, 0.29) is 11.9 Å². The molecule has 0 radical (unpaired) electrons.